The van der Waals surface area contributed by atoms with Crippen LogP contribution in [0, 0.1) is 5.92 Å². The number of aliphatic hydroxyl groups is 1. The summed E-state index contributed by atoms with van der Waals surface area (Å²) in [4.78, 5) is 0. The van der Waals surface area contributed by atoms with Crippen LogP contribution in [0.3, 0.4) is 0 Å². The molecule has 0 aromatic heterocycles. The lowest BCUT2D eigenvalue weighted by Gasteiger charge is -2.33. The molecule has 1 heterocycles. The summed E-state index contributed by atoms with van der Waals surface area (Å²) in [5.74, 6) is -0.853. The van der Waals surface area contributed by atoms with E-state index in [2.05, 4.69) is 0 Å². The Morgan fingerprint density at radius 3 is 2.29 bits per heavy atom. The van der Waals surface area contributed by atoms with Crippen LogP contribution < -0.4 is 0 Å². The van der Waals surface area contributed by atoms with Crippen LogP contribution in [0.1, 0.15) is 13.3 Å². The van der Waals surface area contributed by atoms with Gasteiger partial charge >= 0.3 is 0 Å². The minimum absolute atomic E-state index is 0.114. The predicted molar refractivity (Wildman–Crippen MR) is 64.9 cm³/mol. The van der Waals surface area contributed by atoms with E-state index in [1.54, 1.807) is 6.92 Å². The molecule has 8 heteroatoms. The molecule has 1 fully saturated rings. The monoisotopic (exact) mass is 285 g/mol. The number of sulfone groups is 1. The molecule has 0 spiro atoms. The van der Waals surface area contributed by atoms with E-state index in [-0.39, 0.29) is 30.5 Å². The van der Waals surface area contributed by atoms with Gasteiger partial charge in [-0.25, -0.2) is 21.1 Å². The Balaban J connectivity index is 2.65. The zero-order valence-corrected chi connectivity index (χ0v) is 11.7. The molecule has 0 aromatic rings. The third-order valence-electron chi connectivity index (χ3n) is 2.93. The smallest absolute Gasteiger partial charge is 0.215 e. The van der Waals surface area contributed by atoms with Gasteiger partial charge in [0.25, 0.3) is 0 Å². The number of sulfonamides is 1. The lowest BCUT2D eigenvalue weighted by molar-refractivity contribution is 0.0629. The van der Waals surface area contributed by atoms with Crippen molar-refractivity contribution in [2.75, 3.05) is 30.9 Å². The van der Waals surface area contributed by atoms with Gasteiger partial charge in [0.2, 0.25) is 10.0 Å². The number of hydrogen-bond donors (Lipinski definition) is 1. The largest absolute Gasteiger partial charge is 0.393 e. The fraction of sp³-hybridized carbons (Fsp3) is 1.00. The van der Waals surface area contributed by atoms with Crippen molar-refractivity contribution in [3.63, 3.8) is 0 Å². The minimum atomic E-state index is -3.53. The molecule has 0 aliphatic carbocycles. The van der Waals surface area contributed by atoms with E-state index in [9.17, 15) is 21.9 Å². The molecular weight excluding hydrogens is 266 g/mol. The first-order valence-electron chi connectivity index (χ1n) is 5.45. The van der Waals surface area contributed by atoms with Gasteiger partial charge in [-0.05, 0) is 12.3 Å². The lowest BCUT2D eigenvalue weighted by Crippen LogP contribution is -2.46. The van der Waals surface area contributed by atoms with Crippen molar-refractivity contribution < 1.29 is 21.9 Å². The van der Waals surface area contributed by atoms with E-state index in [0.717, 1.165) is 6.26 Å². The van der Waals surface area contributed by atoms with Crippen molar-refractivity contribution in [3.8, 4) is 0 Å². The Bertz CT molecular complexity index is 456. The summed E-state index contributed by atoms with van der Waals surface area (Å²) in [6.45, 7) is 2.30. The molecule has 1 N–H and O–H groups in total. The highest BCUT2D eigenvalue weighted by Gasteiger charge is 2.31. The minimum Gasteiger partial charge on any atom is -0.393 e. The first-order chi connectivity index (χ1) is 7.62. The summed E-state index contributed by atoms with van der Waals surface area (Å²) in [5, 5.41) is 9.50. The standard InChI is InChI=1S/C9H19NO5S2/c1-8-7-10(4-3-9(8)11)17(14,15)6-5-16(2,12)13/h8-9,11H,3-7H2,1-2H3. The highest BCUT2D eigenvalue weighted by atomic mass is 32.2. The molecule has 1 rings (SSSR count). The number of aliphatic hydroxyl groups excluding tert-OH is 1. The van der Waals surface area contributed by atoms with Crippen LogP contribution in [0.2, 0.25) is 0 Å². The molecular formula is C9H19NO5S2. The maximum atomic E-state index is 11.9. The van der Waals surface area contributed by atoms with E-state index >= 15 is 0 Å². The molecule has 1 aliphatic heterocycles. The SMILES string of the molecule is CC1CN(S(=O)(=O)CCS(C)(=O)=O)CCC1O. The first kappa shape index (κ1) is 14.9. The molecule has 17 heavy (non-hydrogen) atoms. The second kappa shape index (κ2) is 5.21. The van der Waals surface area contributed by atoms with Crippen molar-refractivity contribution in [1.29, 1.82) is 0 Å². The van der Waals surface area contributed by atoms with Gasteiger partial charge in [0.05, 0.1) is 17.6 Å². The van der Waals surface area contributed by atoms with Crippen LogP contribution in [-0.4, -0.2) is 63.2 Å². The van der Waals surface area contributed by atoms with Crippen LogP contribution in [0.4, 0.5) is 0 Å². The summed E-state index contributed by atoms with van der Waals surface area (Å²) >= 11 is 0. The van der Waals surface area contributed by atoms with Crippen molar-refractivity contribution in [2.45, 2.75) is 19.4 Å². The van der Waals surface area contributed by atoms with Gasteiger partial charge in [0, 0.05) is 19.3 Å². The molecule has 2 unspecified atom stereocenters. The Labute approximate surface area is 103 Å². The van der Waals surface area contributed by atoms with Crippen molar-refractivity contribution in [1.82, 2.24) is 4.31 Å². The molecule has 1 saturated heterocycles. The third kappa shape index (κ3) is 4.53. The summed E-state index contributed by atoms with van der Waals surface area (Å²) in [5.41, 5.74) is 0. The zero-order chi connectivity index (χ0) is 13.3. The van der Waals surface area contributed by atoms with Crippen molar-refractivity contribution in [2.24, 2.45) is 5.92 Å². The Morgan fingerprint density at radius 2 is 1.82 bits per heavy atom. The normalized spacial score (nSPS) is 28.2. The van der Waals surface area contributed by atoms with Crippen LogP contribution in [-0.2, 0) is 19.9 Å². The number of nitrogens with zero attached hydrogens (tertiary/aromatic N) is 1. The first-order valence-corrected chi connectivity index (χ1v) is 9.12. The molecule has 1 aliphatic rings. The van der Waals surface area contributed by atoms with Crippen LogP contribution in [0.5, 0.6) is 0 Å². The highest BCUT2D eigenvalue weighted by molar-refractivity contribution is 7.93. The Morgan fingerprint density at radius 1 is 1.24 bits per heavy atom. The maximum Gasteiger partial charge on any atom is 0.215 e. The lowest BCUT2D eigenvalue weighted by atomic mass is 9.99. The van der Waals surface area contributed by atoms with Crippen molar-refractivity contribution >= 4 is 19.9 Å². The Kier molecular flexibility index (Phi) is 4.56. The molecule has 0 radical (unpaired) electrons. The highest BCUT2D eigenvalue weighted by Crippen LogP contribution is 2.19. The van der Waals surface area contributed by atoms with Crippen LogP contribution >= 0.6 is 0 Å². The third-order valence-corrected chi connectivity index (χ3v) is 5.97. The van der Waals surface area contributed by atoms with E-state index in [0.29, 0.717) is 6.42 Å². The van der Waals surface area contributed by atoms with E-state index in [1.807, 2.05) is 0 Å². The molecule has 0 amide bonds. The van der Waals surface area contributed by atoms with Crippen LogP contribution in [0.25, 0.3) is 0 Å². The van der Waals surface area contributed by atoms with Gasteiger partial charge < -0.3 is 5.11 Å². The molecule has 6 nitrogen and oxygen atoms in total. The van der Waals surface area contributed by atoms with Gasteiger partial charge in [-0.1, -0.05) is 6.92 Å². The van der Waals surface area contributed by atoms with Gasteiger partial charge in [-0.15, -0.1) is 0 Å². The van der Waals surface area contributed by atoms with E-state index in [4.69, 9.17) is 0 Å². The number of hydrogen-bond acceptors (Lipinski definition) is 5. The average molecular weight is 285 g/mol. The summed E-state index contributed by atoms with van der Waals surface area (Å²) in [6.07, 6.45) is 0.945. The van der Waals surface area contributed by atoms with Gasteiger partial charge in [-0.2, -0.15) is 0 Å². The fourth-order valence-electron chi connectivity index (χ4n) is 1.73. The van der Waals surface area contributed by atoms with Crippen LogP contribution in [0.15, 0.2) is 0 Å². The molecule has 0 bridgehead atoms. The maximum absolute atomic E-state index is 11.9. The second-order valence-electron chi connectivity index (χ2n) is 4.64. The topological polar surface area (TPSA) is 91.8 Å². The molecule has 0 aromatic carbocycles. The van der Waals surface area contributed by atoms with E-state index in [1.165, 1.54) is 4.31 Å². The van der Waals surface area contributed by atoms with E-state index < -0.39 is 26.0 Å². The van der Waals surface area contributed by atoms with Gasteiger partial charge in [-0.3, -0.25) is 0 Å². The predicted octanol–water partition coefficient (Wildman–Crippen LogP) is -0.936. The molecule has 2 atom stereocenters. The molecule has 102 valence electrons. The van der Waals surface area contributed by atoms with Crippen molar-refractivity contribution in [3.05, 3.63) is 0 Å². The Hall–Kier alpha value is -0.180. The number of piperidine rings is 1. The summed E-state index contributed by atoms with van der Waals surface area (Å²) in [7, 11) is -6.81. The zero-order valence-electron chi connectivity index (χ0n) is 10.0. The second-order valence-corrected chi connectivity index (χ2v) is 8.99. The molecule has 0 saturated carbocycles. The average Bonchev–Trinajstić information content (AvgIpc) is 2.18. The van der Waals surface area contributed by atoms with Gasteiger partial charge in [0.1, 0.15) is 9.84 Å². The summed E-state index contributed by atoms with van der Waals surface area (Å²) in [6, 6.07) is 0. The fourth-order valence-corrected chi connectivity index (χ4v) is 4.89. The number of rotatable bonds is 4. The summed E-state index contributed by atoms with van der Waals surface area (Å²) < 4.78 is 46.9. The van der Waals surface area contributed by atoms with Gasteiger partial charge in [0.15, 0.2) is 0 Å². The quantitative estimate of drug-likeness (QED) is 0.720.